The van der Waals surface area contributed by atoms with E-state index < -0.39 is 11.5 Å². The van der Waals surface area contributed by atoms with Crippen molar-refractivity contribution in [3.63, 3.8) is 0 Å². The third-order valence-corrected chi connectivity index (χ3v) is 2.96. The van der Waals surface area contributed by atoms with E-state index in [2.05, 4.69) is 4.98 Å². The van der Waals surface area contributed by atoms with Gasteiger partial charge in [-0.1, -0.05) is 23.2 Å². The van der Waals surface area contributed by atoms with Crippen LogP contribution in [0.2, 0.25) is 10.0 Å². The number of H-pyrrole nitrogens is 1. The lowest BCUT2D eigenvalue weighted by atomic mass is 10.1. The van der Waals surface area contributed by atoms with Gasteiger partial charge in [0.25, 0.3) is 5.56 Å². The van der Waals surface area contributed by atoms with E-state index in [0.717, 1.165) is 0 Å². The Morgan fingerprint density at radius 2 is 1.94 bits per heavy atom. The standard InChI is InChI=1S/C10H5Cl2NO3/c11-6-2-1-4-5(8(6)12)3-7(10(15)16)13-9(4)14/h1-3H,(H,13,14)(H,15,16). The molecule has 0 aliphatic heterocycles. The number of aromatic nitrogens is 1. The molecule has 0 radical (unpaired) electrons. The number of hydrogen-bond acceptors (Lipinski definition) is 2. The lowest BCUT2D eigenvalue weighted by molar-refractivity contribution is 0.0690. The van der Waals surface area contributed by atoms with Crippen LogP contribution in [0.5, 0.6) is 0 Å². The fourth-order valence-electron chi connectivity index (χ4n) is 1.39. The van der Waals surface area contributed by atoms with Gasteiger partial charge in [0, 0.05) is 10.8 Å². The van der Waals surface area contributed by atoms with Crippen LogP contribution in [0.3, 0.4) is 0 Å². The van der Waals surface area contributed by atoms with E-state index in [4.69, 9.17) is 28.3 Å². The molecule has 16 heavy (non-hydrogen) atoms. The first kappa shape index (κ1) is 11.0. The van der Waals surface area contributed by atoms with Crippen LogP contribution in [-0.4, -0.2) is 16.1 Å². The Hall–Kier alpha value is -1.52. The van der Waals surface area contributed by atoms with Crippen LogP contribution in [0, 0.1) is 0 Å². The predicted molar refractivity (Wildman–Crippen MR) is 61.5 cm³/mol. The topological polar surface area (TPSA) is 70.2 Å². The number of nitrogens with one attached hydrogen (secondary N) is 1. The van der Waals surface area contributed by atoms with E-state index in [9.17, 15) is 9.59 Å². The highest BCUT2D eigenvalue weighted by molar-refractivity contribution is 6.45. The summed E-state index contributed by atoms with van der Waals surface area (Å²) in [5, 5.41) is 9.86. The molecule has 1 aromatic heterocycles. The summed E-state index contributed by atoms with van der Waals surface area (Å²) < 4.78 is 0. The number of aromatic carboxylic acids is 1. The zero-order valence-electron chi connectivity index (χ0n) is 7.75. The van der Waals surface area contributed by atoms with Crippen molar-refractivity contribution >= 4 is 39.9 Å². The zero-order chi connectivity index (χ0) is 11.9. The van der Waals surface area contributed by atoms with Gasteiger partial charge in [-0.05, 0) is 18.2 Å². The molecular formula is C10H5Cl2NO3. The van der Waals surface area contributed by atoms with Gasteiger partial charge in [0.1, 0.15) is 5.69 Å². The van der Waals surface area contributed by atoms with Gasteiger partial charge in [-0.15, -0.1) is 0 Å². The number of carbonyl (C=O) groups is 1. The second-order valence-electron chi connectivity index (χ2n) is 3.14. The van der Waals surface area contributed by atoms with E-state index in [1.54, 1.807) is 0 Å². The van der Waals surface area contributed by atoms with E-state index in [-0.39, 0.29) is 15.7 Å². The molecule has 1 heterocycles. The van der Waals surface area contributed by atoms with Gasteiger partial charge in [0.05, 0.1) is 10.0 Å². The minimum Gasteiger partial charge on any atom is -0.477 e. The molecule has 82 valence electrons. The minimum atomic E-state index is -1.23. The van der Waals surface area contributed by atoms with E-state index in [1.807, 2.05) is 0 Å². The molecule has 0 spiro atoms. The Labute approximate surface area is 99.4 Å². The molecule has 4 nitrogen and oxygen atoms in total. The molecule has 2 aromatic rings. The first-order valence-corrected chi connectivity index (χ1v) is 5.00. The molecule has 0 saturated heterocycles. The maximum absolute atomic E-state index is 11.5. The first-order valence-electron chi connectivity index (χ1n) is 4.25. The highest BCUT2D eigenvalue weighted by Gasteiger charge is 2.11. The molecule has 6 heteroatoms. The van der Waals surface area contributed by atoms with Gasteiger partial charge < -0.3 is 10.1 Å². The van der Waals surface area contributed by atoms with Crippen molar-refractivity contribution in [3.8, 4) is 0 Å². The highest BCUT2D eigenvalue weighted by Crippen LogP contribution is 2.29. The maximum atomic E-state index is 11.5. The normalized spacial score (nSPS) is 10.6. The first-order chi connectivity index (χ1) is 7.50. The van der Waals surface area contributed by atoms with Crippen LogP contribution < -0.4 is 5.56 Å². The van der Waals surface area contributed by atoms with E-state index in [0.29, 0.717) is 10.8 Å². The Bertz CT molecular complexity index is 648. The second-order valence-corrected chi connectivity index (χ2v) is 3.93. The molecule has 0 amide bonds. The third-order valence-electron chi connectivity index (χ3n) is 2.14. The van der Waals surface area contributed by atoms with Crippen molar-refractivity contribution in [2.75, 3.05) is 0 Å². The van der Waals surface area contributed by atoms with Gasteiger partial charge >= 0.3 is 5.97 Å². The molecule has 0 unspecified atom stereocenters. The van der Waals surface area contributed by atoms with Crippen LogP contribution in [0.4, 0.5) is 0 Å². The summed E-state index contributed by atoms with van der Waals surface area (Å²) in [5.41, 5.74) is -0.727. The van der Waals surface area contributed by atoms with Gasteiger partial charge in [-0.2, -0.15) is 0 Å². The van der Waals surface area contributed by atoms with Gasteiger partial charge in [-0.25, -0.2) is 4.79 Å². The molecule has 0 atom stereocenters. The van der Waals surface area contributed by atoms with Crippen LogP contribution >= 0.6 is 23.2 Å². The number of benzene rings is 1. The van der Waals surface area contributed by atoms with E-state index in [1.165, 1.54) is 18.2 Å². The molecular weight excluding hydrogens is 253 g/mol. The summed E-state index contributed by atoms with van der Waals surface area (Å²) in [6.07, 6.45) is 0. The Morgan fingerprint density at radius 1 is 1.25 bits per heavy atom. The highest BCUT2D eigenvalue weighted by atomic mass is 35.5. The van der Waals surface area contributed by atoms with Crippen molar-refractivity contribution in [1.82, 2.24) is 4.98 Å². The number of aromatic amines is 1. The number of carboxylic acid groups (broad SMARTS) is 1. The summed E-state index contributed by atoms with van der Waals surface area (Å²) in [4.78, 5) is 24.5. The predicted octanol–water partition coefficient (Wildman–Crippen LogP) is 2.53. The zero-order valence-corrected chi connectivity index (χ0v) is 9.26. The molecule has 0 aliphatic carbocycles. The average Bonchev–Trinajstić information content (AvgIpc) is 2.23. The number of pyridine rings is 1. The van der Waals surface area contributed by atoms with Crippen molar-refractivity contribution < 1.29 is 9.90 Å². The lowest BCUT2D eigenvalue weighted by Gasteiger charge is -2.03. The number of fused-ring (bicyclic) bond motifs is 1. The lowest BCUT2D eigenvalue weighted by Crippen LogP contribution is -2.12. The van der Waals surface area contributed by atoms with E-state index >= 15 is 0 Å². The van der Waals surface area contributed by atoms with Gasteiger partial charge in [0.2, 0.25) is 0 Å². The van der Waals surface area contributed by atoms with Crippen molar-refractivity contribution in [3.05, 3.63) is 44.3 Å². The number of hydrogen-bond donors (Lipinski definition) is 2. The molecule has 1 aromatic carbocycles. The van der Waals surface area contributed by atoms with Crippen molar-refractivity contribution in [2.24, 2.45) is 0 Å². The van der Waals surface area contributed by atoms with Crippen LogP contribution in [0.15, 0.2) is 23.0 Å². The summed E-state index contributed by atoms with van der Waals surface area (Å²) in [5.74, 6) is -1.23. The number of rotatable bonds is 1. The van der Waals surface area contributed by atoms with Crippen molar-refractivity contribution in [1.29, 1.82) is 0 Å². The Kier molecular flexibility index (Phi) is 2.61. The molecule has 2 rings (SSSR count). The quantitative estimate of drug-likeness (QED) is 0.825. The third kappa shape index (κ3) is 1.66. The number of carboxylic acids is 1. The van der Waals surface area contributed by atoms with Gasteiger partial charge in [0.15, 0.2) is 0 Å². The minimum absolute atomic E-state index is 0.174. The summed E-state index contributed by atoms with van der Waals surface area (Å²) in [6, 6.07) is 4.27. The summed E-state index contributed by atoms with van der Waals surface area (Å²) in [7, 11) is 0. The fraction of sp³-hybridized carbons (Fsp3) is 0. The average molecular weight is 258 g/mol. The summed E-state index contributed by atoms with van der Waals surface area (Å²) >= 11 is 11.7. The Balaban J connectivity index is 2.94. The molecule has 0 saturated carbocycles. The second kappa shape index (κ2) is 3.81. The molecule has 0 fully saturated rings. The molecule has 2 N–H and O–H groups in total. The summed E-state index contributed by atoms with van der Waals surface area (Å²) in [6.45, 7) is 0. The van der Waals surface area contributed by atoms with Crippen LogP contribution in [-0.2, 0) is 0 Å². The smallest absolute Gasteiger partial charge is 0.352 e. The molecule has 0 aliphatic rings. The van der Waals surface area contributed by atoms with Crippen LogP contribution in [0.25, 0.3) is 10.8 Å². The SMILES string of the molecule is O=C(O)c1cc2c(Cl)c(Cl)ccc2c(=O)[nH]1. The molecule has 0 bridgehead atoms. The van der Waals surface area contributed by atoms with Crippen molar-refractivity contribution in [2.45, 2.75) is 0 Å². The fourth-order valence-corrected chi connectivity index (χ4v) is 1.77. The number of halogens is 2. The largest absolute Gasteiger partial charge is 0.477 e. The monoisotopic (exact) mass is 257 g/mol. The maximum Gasteiger partial charge on any atom is 0.352 e. The van der Waals surface area contributed by atoms with Gasteiger partial charge in [-0.3, -0.25) is 4.79 Å². The Morgan fingerprint density at radius 3 is 2.56 bits per heavy atom. The van der Waals surface area contributed by atoms with Crippen LogP contribution in [0.1, 0.15) is 10.5 Å².